The Hall–Kier alpha value is -3.02. The van der Waals surface area contributed by atoms with E-state index in [9.17, 15) is 19.2 Å². The molecule has 1 heterocycles. The Balaban J connectivity index is 1.91. The Kier molecular flexibility index (Phi) is 6.42. The van der Waals surface area contributed by atoms with Crippen molar-refractivity contribution in [3.63, 3.8) is 0 Å². The van der Waals surface area contributed by atoms with E-state index >= 15 is 0 Å². The summed E-state index contributed by atoms with van der Waals surface area (Å²) < 4.78 is 2.95. The number of nitrogens with zero attached hydrogens (tertiary/aromatic N) is 2. The maximum atomic E-state index is 12.9. The standard InChI is InChI=1S/C22H20N2O4Se/c1-15-14-23(16(2)13-19(25)29-18-11-7-4-8-12-18)22(28)24(20(15)26)21(27)17-9-5-3-6-10-17/h3-12,14,16H,13H2,1-2H3. The van der Waals surface area contributed by atoms with Crippen LogP contribution in [-0.2, 0) is 4.79 Å². The molecule has 29 heavy (non-hydrogen) atoms. The molecule has 0 saturated carbocycles. The van der Waals surface area contributed by atoms with Gasteiger partial charge in [0, 0.05) is 0 Å². The molecule has 0 aliphatic heterocycles. The zero-order chi connectivity index (χ0) is 21.0. The van der Waals surface area contributed by atoms with Crippen LogP contribution in [0.25, 0.3) is 0 Å². The van der Waals surface area contributed by atoms with Gasteiger partial charge in [-0.1, -0.05) is 0 Å². The van der Waals surface area contributed by atoms with E-state index in [-0.39, 0.29) is 37.2 Å². The fourth-order valence-electron chi connectivity index (χ4n) is 2.90. The summed E-state index contributed by atoms with van der Waals surface area (Å²) in [6.45, 7) is 3.29. The molecule has 7 heteroatoms. The van der Waals surface area contributed by atoms with Crippen molar-refractivity contribution >= 4 is 30.0 Å². The van der Waals surface area contributed by atoms with Crippen molar-refractivity contribution in [1.82, 2.24) is 9.13 Å². The first-order chi connectivity index (χ1) is 13.9. The predicted octanol–water partition coefficient (Wildman–Crippen LogP) is 1.51. The van der Waals surface area contributed by atoms with Gasteiger partial charge in [-0.05, 0) is 0 Å². The van der Waals surface area contributed by atoms with Crippen LogP contribution in [0.1, 0.15) is 35.3 Å². The molecule has 1 atom stereocenters. The van der Waals surface area contributed by atoms with Crippen molar-refractivity contribution in [2.45, 2.75) is 26.3 Å². The quantitative estimate of drug-likeness (QED) is 0.528. The molecule has 0 aliphatic carbocycles. The molecule has 0 saturated heterocycles. The number of benzene rings is 2. The van der Waals surface area contributed by atoms with Crippen LogP contribution in [-0.4, -0.2) is 34.7 Å². The first-order valence-corrected chi connectivity index (χ1v) is 10.8. The summed E-state index contributed by atoms with van der Waals surface area (Å²) in [6, 6.07) is 17.2. The molecule has 148 valence electrons. The molecule has 1 unspecified atom stereocenters. The fourth-order valence-corrected chi connectivity index (χ4v) is 4.75. The molecular formula is C22H20N2O4Se. The van der Waals surface area contributed by atoms with Gasteiger partial charge in [0.25, 0.3) is 0 Å². The minimum absolute atomic E-state index is 0.0351. The molecule has 0 aliphatic rings. The van der Waals surface area contributed by atoms with E-state index in [1.165, 1.54) is 10.8 Å². The Labute approximate surface area is 174 Å². The summed E-state index contributed by atoms with van der Waals surface area (Å²) in [6.07, 6.45) is 1.57. The third-order valence-electron chi connectivity index (χ3n) is 4.42. The van der Waals surface area contributed by atoms with E-state index in [0.717, 1.165) is 4.46 Å². The van der Waals surface area contributed by atoms with Gasteiger partial charge in [0.05, 0.1) is 0 Å². The molecular weight excluding hydrogens is 435 g/mol. The number of hydrogen-bond donors (Lipinski definition) is 0. The second-order valence-corrected chi connectivity index (χ2v) is 9.03. The van der Waals surface area contributed by atoms with Crippen molar-refractivity contribution in [2.24, 2.45) is 0 Å². The van der Waals surface area contributed by atoms with Crippen LogP contribution in [0.5, 0.6) is 0 Å². The molecule has 6 nitrogen and oxygen atoms in total. The van der Waals surface area contributed by atoms with Crippen molar-refractivity contribution in [3.05, 3.63) is 98.8 Å². The van der Waals surface area contributed by atoms with Gasteiger partial charge in [0.15, 0.2) is 0 Å². The third-order valence-corrected chi connectivity index (χ3v) is 6.31. The topological polar surface area (TPSA) is 78.1 Å². The van der Waals surface area contributed by atoms with E-state index in [1.54, 1.807) is 44.2 Å². The van der Waals surface area contributed by atoms with E-state index in [1.807, 2.05) is 30.3 Å². The molecule has 0 N–H and O–H groups in total. The summed E-state index contributed by atoms with van der Waals surface area (Å²) in [4.78, 5) is 50.7. The second-order valence-electron chi connectivity index (χ2n) is 6.65. The van der Waals surface area contributed by atoms with E-state index in [2.05, 4.69) is 0 Å². The first kappa shape index (κ1) is 20.7. The first-order valence-electron chi connectivity index (χ1n) is 9.08. The minimum atomic E-state index is -0.734. The molecule has 0 fully saturated rings. The van der Waals surface area contributed by atoms with Gasteiger partial charge in [-0.3, -0.25) is 0 Å². The molecule has 0 radical (unpaired) electrons. The molecule has 0 bridgehead atoms. The zero-order valence-electron chi connectivity index (χ0n) is 16.1. The number of carbonyl (C=O) groups is 2. The van der Waals surface area contributed by atoms with Crippen molar-refractivity contribution in [2.75, 3.05) is 0 Å². The number of hydrogen-bond acceptors (Lipinski definition) is 4. The van der Waals surface area contributed by atoms with E-state index in [0.29, 0.717) is 4.57 Å². The molecule has 1 aromatic heterocycles. The Morgan fingerprint density at radius 3 is 2.17 bits per heavy atom. The van der Waals surface area contributed by atoms with Crippen LogP contribution >= 0.6 is 0 Å². The second kappa shape index (κ2) is 8.99. The predicted molar refractivity (Wildman–Crippen MR) is 112 cm³/mol. The summed E-state index contributed by atoms with van der Waals surface area (Å²) in [5.41, 5.74) is -0.865. The van der Waals surface area contributed by atoms with Crippen LogP contribution in [0.15, 0.2) is 76.4 Å². The maximum absolute atomic E-state index is 12.9. The van der Waals surface area contributed by atoms with Crippen LogP contribution in [0.2, 0.25) is 0 Å². The molecule has 3 aromatic rings. The monoisotopic (exact) mass is 456 g/mol. The molecule has 0 amide bonds. The van der Waals surface area contributed by atoms with Crippen LogP contribution < -0.4 is 15.7 Å². The number of aromatic nitrogens is 2. The van der Waals surface area contributed by atoms with E-state index < -0.39 is 23.2 Å². The average molecular weight is 455 g/mol. The Morgan fingerprint density at radius 1 is 0.966 bits per heavy atom. The van der Waals surface area contributed by atoms with Crippen LogP contribution in [0.3, 0.4) is 0 Å². The number of aryl methyl sites for hydroxylation is 1. The fraction of sp³-hybridized carbons (Fsp3) is 0.182. The Morgan fingerprint density at radius 2 is 1.55 bits per heavy atom. The normalized spacial score (nSPS) is 11.8. The number of carbonyl (C=O) groups excluding carboxylic acids is 2. The van der Waals surface area contributed by atoms with Gasteiger partial charge in [0.2, 0.25) is 0 Å². The van der Waals surface area contributed by atoms with Gasteiger partial charge in [-0.25, -0.2) is 0 Å². The molecule has 0 spiro atoms. The van der Waals surface area contributed by atoms with Gasteiger partial charge in [-0.2, -0.15) is 0 Å². The summed E-state index contributed by atoms with van der Waals surface area (Å²) in [5, 5.41) is 0. The molecule has 2 aromatic carbocycles. The van der Waals surface area contributed by atoms with Crippen molar-refractivity contribution in [1.29, 1.82) is 0 Å². The molecule has 3 rings (SSSR count). The van der Waals surface area contributed by atoms with E-state index in [4.69, 9.17) is 0 Å². The summed E-state index contributed by atoms with van der Waals surface area (Å²) >= 11 is -0.359. The van der Waals surface area contributed by atoms with Crippen LogP contribution in [0, 0.1) is 6.92 Å². The van der Waals surface area contributed by atoms with Gasteiger partial charge in [-0.15, -0.1) is 0 Å². The zero-order valence-corrected chi connectivity index (χ0v) is 17.8. The summed E-state index contributed by atoms with van der Waals surface area (Å²) in [7, 11) is 0. The summed E-state index contributed by atoms with van der Waals surface area (Å²) in [5.74, 6) is -0.676. The van der Waals surface area contributed by atoms with Crippen molar-refractivity contribution in [3.8, 4) is 0 Å². The third kappa shape index (κ3) is 4.70. The Bertz CT molecular complexity index is 1150. The van der Waals surface area contributed by atoms with Crippen molar-refractivity contribution < 1.29 is 9.59 Å². The average Bonchev–Trinajstić information content (AvgIpc) is 2.72. The van der Waals surface area contributed by atoms with Crippen LogP contribution in [0.4, 0.5) is 0 Å². The van der Waals surface area contributed by atoms with Gasteiger partial charge >= 0.3 is 174 Å². The number of rotatable bonds is 6. The van der Waals surface area contributed by atoms with Gasteiger partial charge < -0.3 is 0 Å². The SMILES string of the molecule is Cc1cn(C(C)CC(=O)[Se]c2ccccc2)c(=O)n(C(=O)c2ccccc2)c1=O. The van der Waals surface area contributed by atoms with Gasteiger partial charge in [0.1, 0.15) is 0 Å².